The van der Waals surface area contributed by atoms with E-state index >= 15 is 0 Å². The third-order valence-corrected chi connectivity index (χ3v) is 6.92. The van der Waals surface area contributed by atoms with Crippen molar-refractivity contribution in [2.24, 2.45) is 0 Å². The number of nitro benzene ring substituents is 2. The average molecular weight is 541 g/mol. The van der Waals surface area contributed by atoms with E-state index < -0.39 is 16.0 Å². The molecule has 40 heavy (non-hydrogen) atoms. The first-order valence-electron chi connectivity index (χ1n) is 13.2. The molecule has 0 heterocycles. The van der Waals surface area contributed by atoms with Crippen LogP contribution in [0.5, 0.6) is 0 Å². The van der Waals surface area contributed by atoms with Crippen LogP contribution in [0.1, 0.15) is 67.1 Å². The number of aliphatic hydroxyl groups excluding tert-OH is 1. The van der Waals surface area contributed by atoms with E-state index in [-0.39, 0.29) is 23.5 Å². The molecule has 0 saturated carbocycles. The second-order valence-corrected chi connectivity index (χ2v) is 9.56. The Balaban J connectivity index is 1.41. The quantitative estimate of drug-likeness (QED) is 0.124. The van der Waals surface area contributed by atoms with Crippen LogP contribution in [0.15, 0.2) is 97.1 Å². The molecule has 0 saturated heterocycles. The first-order valence-corrected chi connectivity index (χ1v) is 13.2. The molecule has 2 atom stereocenters. The van der Waals surface area contributed by atoms with Gasteiger partial charge in [0.05, 0.1) is 21.9 Å². The van der Waals surface area contributed by atoms with Crippen molar-refractivity contribution in [2.45, 2.75) is 44.9 Å². The van der Waals surface area contributed by atoms with Gasteiger partial charge in [-0.15, -0.1) is 0 Å². The number of non-ortho nitro benzene ring substituents is 2. The third kappa shape index (κ3) is 6.81. The average Bonchev–Trinajstić information content (AvgIpc) is 2.99. The van der Waals surface area contributed by atoms with Gasteiger partial charge in [0.1, 0.15) is 6.10 Å². The maximum Gasteiger partial charge on any atom is 0.269 e. The van der Waals surface area contributed by atoms with Crippen LogP contribution in [-0.2, 0) is 0 Å². The monoisotopic (exact) mass is 540 g/mol. The highest BCUT2D eigenvalue weighted by atomic mass is 16.6. The molecule has 4 rings (SSSR count). The van der Waals surface area contributed by atoms with Gasteiger partial charge in [0, 0.05) is 35.6 Å². The maximum atomic E-state index is 11.1. The molecule has 0 fully saturated rings. The van der Waals surface area contributed by atoms with Crippen molar-refractivity contribution in [3.05, 3.63) is 140 Å². The molecule has 3 N–H and O–H groups in total. The Morgan fingerprint density at radius 1 is 0.625 bits per heavy atom. The summed E-state index contributed by atoms with van der Waals surface area (Å²) in [5.41, 5.74) is 4.96. The smallest absolute Gasteiger partial charge is 0.269 e. The fourth-order valence-corrected chi connectivity index (χ4v) is 4.67. The van der Waals surface area contributed by atoms with Gasteiger partial charge >= 0.3 is 0 Å². The Labute approximate surface area is 232 Å². The molecule has 9 nitrogen and oxygen atoms in total. The molecule has 0 spiro atoms. The van der Waals surface area contributed by atoms with Crippen molar-refractivity contribution >= 4 is 22.7 Å². The van der Waals surface area contributed by atoms with Gasteiger partial charge in [0.15, 0.2) is 0 Å². The summed E-state index contributed by atoms with van der Waals surface area (Å²) < 4.78 is 0. The lowest BCUT2D eigenvalue weighted by molar-refractivity contribution is -0.385. The van der Waals surface area contributed by atoms with Crippen LogP contribution in [0, 0.1) is 20.2 Å². The summed E-state index contributed by atoms with van der Waals surface area (Å²) >= 11 is 0. The molecule has 0 aliphatic heterocycles. The van der Waals surface area contributed by atoms with E-state index in [1.165, 1.54) is 12.1 Å². The number of aliphatic hydroxyl groups is 1. The molecule has 2 unspecified atom stereocenters. The summed E-state index contributed by atoms with van der Waals surface area (Å²) in [6.07, 6.45) is 0.665. The molecule has 9 heteroatoms. The van der Waals surface area contributed by atoms with Gasteiger partial charge in [-0.05, 0) is 59.4 Å². The zero-order chi connectivity index (χ0) is 28.6. The Hall–Kier alpha value is -4.76. The largest absolute Gasteiger partial charge is 0.384 e. The number of hydrogen-bond acceptors (Lipinski definition) is 7. The maximum absolute atomic E-state index is 11.1. The number of nitro groups is 2. The minimum Gasteiger partial charge on any atom is -0.384 e. The summed E-state index contributed by atoms with van der Waals surface area (Å²) in [6, 6.07) is 28.0. The van der Waals surface area contributed by atoms with Gasteiger partial charge in [-0.25, -0.2) is 0 Å². The molecule has 4 aromatic carbocycles. The van der Waals surface area contributed by atoms with E-state index in [0.717, 1.165) is 46.5 Å². The van der Waals surface area contributed by atoms with Crippen molar-refractivity contribution in [3.63, 3.8) is 0 Å². The SMILES string of the molecule is CCC(Nc1ccc(C(O)c2ccc(NC(CC)c3cccc([N+](=O)[O-])c3)cc2)cc1)c1cccc([N+](=O)[O-])c1. The van der Waals surface area contributed by atoms with Crippen LogP contribution < -0.4 is 10.6 Å². The molecular formula is C31H32N4O5. The summed E-state index contributed by atoms with van der Waals surface area (Å²) in [7, 11) is 0. The fraction of sp³-hybridized carbons (Fsp3) is 0.226. The molecule has 0 radical (unpaired) electrons. The molecule has 4 aromatic rings. The first-order chi connectivity index (χ1) is 19.3. The topological polar surface area (TPSA) is 131 Å². The van der Waals surface area contributed by atoms with Crippen LogP contribution in [0.4, 0.5) is 22.7 Å². The van der Waals surface area contributed by atoms with Crippen LogP contribution in [-0.4, -0.2) is 15.0 Å². The highest BCUT2D eigenvalue weighted by Crippen LogP contribution is 2.30. The fourth-order valence-electron chi connectivity index (χ4n) is 4.67. The van der Waals surface area contributed by atoms with Crippen molar-refractivity contribution in [1.82, 2.24) is 0 Å². The zero-order valence-electron chi connectivity index (χ0n) is 22.4. The number of anilines is 2. The minimum absolute atomic E-state index is 0.0618. The number of rotatable bonds is 12. The lowest BCUT2D eigenvalue weighted by atomic mass is 9.99. The van der Waals surface area contributed by atoms with E-state index in [1.807, 2.05) is 74.5 Å². The highest BCUT2D eigenvalue weighted by molar-refractivity contribution is 5.51. The summed E-state index contributed by atoms with van der Waals surface area (Å²) in [6.45, 7) is 4.03. The molecule has 0 bridgehead atoms. The molecule has 0 aliphatic carbocycles. The third-order valence-electron chi connectivity index (χ3n) is 6.92. The molecular weight excluding hydrogens is 508 g/mol. The highest BCUT2D eigenvalue weighted by Gasteiger charge is 2.16. The lowest BCUT2D eigenvalue weighted by Gasteiger charge is -2.20. The van der Waals surface area contributed by atoms with Gasteiger partial charge in [0.2, 0.25) is 0 Å². The van der Waals surface area contributed by atoms with E-state index in [4.69, 9.17) is 0 Å². The van der Waals surface area contributed by atoms with Gasteiger partial charge in [-0.2, -0.15) is 0 Å². The Morgan fingerprint density at radius 2 is 1.00 bits per heavy atom. The summed E-state index contributed by atoms with van der Waals surface area (Å²) in [5.74, 6) is 0. The predicted octanol–water partition coefficient (Wildman–Crippen LogP) is 7.71. The van der Waals surface area contributed by atoms with Crippen molar-refractivity contribution in [1.29, 1.82) is 0 Å². The van der Waals surface area contributed by atoms with Gasteiger partial charge in [0.25, 0.3) is 11.4 Å². The Kier molecular flexibility index (Phi) is 9.08. The molecule has 0 aliphatic rings. The first kappa shape index (κ1) is 28.3. The van der Waals surface area contributed by atoms with Gasteiger partial charge < -0.3 is 15.7 Å². The molecule has 0 aromatic heterocycles. The van der Waals surface area contributed by atoms with Crippen LogP contribution in [0.3, 0.4) is 0 Å². The summed E-state index contributed by atoms with van der Waals surface area (Å²) in [5, 5.41) is 40.1. The predicted molar refractivity (Wildman–Crippen MR) is 156 cm³/mol. The summed E-state index contributed by atoms with van der Waals surface area (Å²) in [4.78, 5) is 21.5. The standard InChI is InChI=1S/C31H32N4O5/c1-3-29(23-7-5-9-27(19-23)34(37)38)32-25-15-11-21(12-16-25)31(36)22-13-17-26(18-14-22)33-30(4-2)24-8-6-10-28(20-24)35(39)40/h5-20,29-33,36H,3-4H2,1-2H3. The normalized spacial score (nSPS) is 13.2. The van der Waals surface area contributed by atoms with E-state index in [1.54, 1.807) is 24.3 Å². The van der Waals surface area contributed by atoms with Crippen LogP contribution in [0.25, 0.3) is 0 Å². The van der Waals surface area contributed by atoms with Crippen molar-refractivity contribution < 1.29 is 15.0 Å². The number of hydrogen-bond donors (Lipinski definition) is 3. The zero-order valence-corrected chi connectivity index (χ0v) is 22.4. The minimum atomic E-state index is -0.819. The molecule has 0 amide bonds. The van der Waals surface area contributed by atoms with Crippen LogP contribution in [0.2, 0.25) is 0 Å². The Morgan fingerprint density at radius 3 is 1.32 bits per heavy atom. The number of benzene rings is 4. The van der Waals surface area contributed by atoms with Crippen molar-refractivity contribution in [3.8, 4) is 0 Å². The van der Waals surface area contributed by atoms with E-state index in [9.17, 15) is 25.3 Å². The van der Waals surface area contributed by atoms with Crippen LogP contribution >= 0.6 is 0 Å². The van der Waals surface area contributed by atoms with E-state index in [2.05, 4.69) is 10.6 Å². The van der Waals surface area contributed by atoms with E-state index in [0.29, 0.717) is 0 Å². The Bertz CT molecular complexity index is 1350. The number of nitrogens with zero attached hydrogens (tertiary/aromatic N) is 2. The van der Waals surface area contributed by atoms with Crippen molar-refractivity contribution in [2.75, 3.05) is 10.6 Å². The lowest BCUT2D eigenvalue weighted by Crippen LogP contribution is -2.10. The van der Waals surface area contributed by atoms with Gasteiger partial charge in [-0.3, -0.25) is 20.2 Å². The van der Waals surface area contributed by atoms with Gasteiger partial charge in [-0.1, -0.05) is 62.4 Å². The second kappa shape index (κ2) is 12.9. The second-order valence-electron chi connectivity index (χ2n) is 9.56. The molecule has 206 valence electrons. The number of nitrogens with one attached hydrogen (secondary N) is 2.